The highest BCUT2D eigenvalue weighted by Crippen LogP contribution is 2.20. The SMILES string of the molecule is C[C@H](CC(=O)N1CCN(C(=O)[C@@H]2CCCCN2)CC1)c1ccccc1. The van der Waals surface area contributed by atoms with Crippen molar-refractivity contribution in [2.45, 2.75) is 44.6 Å². The molecule has 2 aliphatic rings. The molecule has 5 nitrogen and oxygen atoms in total. The van der Waals surface area contributed by atoms with Gasteiger partial charge in [-0.25, -0.2) is 0 Å². The molecule has 2 amide bonds. The fourth-order valence-electron chi connectivity index (χ4n) is 3.75. The van der Waals surface area contributed by atoms with Gasteiger partial charge in [-0.15, -0.1) is 0 Å². The smallest absolute Gasteiger partial charge is 0.239 e. The molecule has 0 radical (unpaired) electrons. The van der Waals surface area contributed by atoms with Gasteiger partial charge >= 0.3 is 0 Å². The number of piperidine rings is 1. The number of piperazine rings is 1. The molecule has 2 aliphatic heterocycles. The van der Waals surface area contributed by atoms with Gasteiger partial charge in [0.2, 0.25) is 11.8 Å². The van der Waals surface area contributed by atoms with E-state index >= 15 is 0 Å². The summed E-state index contributed by atoms with van der Waals surface area (Å²) in [5.41, 5.74) is 1.20. The fraction of sp³-hybridized carbons (Fsp3) is 0.600. The summed E-state index contributed by atoms with van der Waals surface area (Å²) in [6, 6.07) is 10.2. The second kappa shape index (κ2) is 8.48. The van der Waals surface area contributed by atoms with E-state index in [4.69, 9.17) is 0 Å². The van der Waals surface area contributed by atoms with E-state index in [9.17, 15) is 9.59 Å². The molecule has 0 bridgehead atoms. The van der Waals surface area contributed by atoms with Crippen LogP contribution in [0.1, 0.15) is 44.1 Å². The molecule has 0 unspecified atom stereocenters. The second-order valence-electron chi connectivity index (χ2n) is 7.22. The van der Waals surface area contributed by atoms with Crippen LogP contribution in [0.25, 0.3) is 0 Å². The quantitative estimate of drug-likeness (QED) is 0.910. The highest BCUT2D eigenvalue weighted by atomic mass is 16.2. The number of amides is 2. The molecule has 0 spiro atoms. The van der Waals surface area contributed by atoms with Crippen LogP contribution in [0, 0.1) is 0 Å². The third kappa shape index (κ3) is 4.60. The van der Waals surface area contributed by atoms with Crippen molar-refractivity contribution in [1.29, 1.82) is 0 Å². The summed E-state index contributed by atoms with van der Waals surface area (Å²) in [5.74, 6) is 0.628. The van der Waals surface area contributed by atoms with Crippen molar-refractivity contribution in [2.75, 3.05) is 32.7 Å². The van der Waals surface area contributed by atoms with Crippen LogP contribution in [0.4, 0.5) is 0 Å². The van der Waals surface area contributed by atoms with E-state index in [-0.39, 0.29) is 23.8 Å². The number of hydrogen-bond donors (Lipinski definition) is 1. The molecule has 2 fully saturated rings. The topological polar surface area (TPSA) is 52.7 Å². The van der Waals surface area contributed by atoms with Crippen molar-refractivity contribution in [2.24, 2.45) is 0 Å². The van der Waals surface area contributed by atoms with Gasteiger partial charge in [-0.3, -0.25) is 9.59 Å². The molecule has 0 aromatic heterocycles. The molecule has 1 aromatic rings. The lowest BCUT2D eigenvalue weighted by Gasteiger charge is -2.37. The van der Waals surface area contributed by atoms with Gasteiger partial charge in [0.25, 0.3) is 0 Å². The zero-order valence-electron chi connectivity index (χ0n) is 15.1. The zero-order valence-corrected chi connectivity index (χ0v) is 15.1. The van der Waals surface area contributed by atoms with Gasteiger partial charge in [0.15, 0.2) is 0 Å². The Labute approximate surface area is 150 Å². The molecule has 2 heterocycles. The fourth-order valence-corrected chi connectivity index (χ4v) is 3.75. The van der Waals surface area contributed by atoms with Crippen molar-refractivity contribution in [3.05, 3.63) is 35.9 Å². The van der Waals surface area contributed by atoms with Gasteiger partial charge in [-0.1, -0.05) is 43.7 Å². The molecule has 2 atom stereocenters. The van der Waals surface area contributed by atoms with Crippen LogP contribution >= 0.6 is 0 Å². The summed E-state index contributed by atoms with van der Waals surface area (Å²) in [6.07, 6.45) is 3.75. The van der Waals surface area contributed by atoms with E-state index in [0.29, 0.717) is 32.6 Å². The molecule has 3 rings (SSSR count). The van der Waals surface area contributed by atoms with Crippen molar-refractivity contribution < 1.29 is 9.59 Å². The number of carbonyl (C=O) groups excluding carboxylic acids is 2. The molecule has 1 N–H and O–H groups in total. The average molecular weight is 343 g/mol. The number of carbonyl (C=O) groups is 2. The van der Waals surface area contributed by atoms with Gasteiger partial charge in [0, 0.05) is 32.6 Å². The summed E-state index contributed by atoms with van der Waals surface area (Å²) >= 11 is 0. The van der Waals surface area contributed by atoms with Crippen LogP contribution < -0.4 is 5.32 Å². The Hall–Kier alpha value is -1.88. The predicted octanol–water partition coefficient (Wildman–Crippen LogP) is 1.99. The van der Waals surface area contributed by atoms with Crippen LogP contribution in [0.2, 0.25) is 0 Å². The Morgan fingerprint density at radius 3 is 2.40 bits per heavy atom. The molecule has 1 aromatic carbocycles. The van der Waals surface area contributed by atoms with Gasteiger partial charge < -0.3 is 15.1 Å². The molecule has 136 valence electrons. The van der Waals surface area contributed by atoms with E-state index in [1.807, 2.05) is 28.0 Å². The van der Waals surface area contributed by atoms with E-state index < -0.39 is 0 Å². The molecule has 2 saturated heterocycles. The standard InChI is InChI=1S/C20H29N3O2/c1-16(17-7-3-2-4-8-17)15-19(24)22-11-13-23(14-12-22)20(25)18-9-5-6-10-21-18/h2-4,7-8,16,18,21H,5-6,9-15H2,1H3/t16-,18+/m1/s1. The van der Waals surface area contributed by atoms with E-state index in [2.05, 4.69) is 24.4 Å². The average Bonchev–Trinajstić information content (AvgIpc) is 2.69. The van der Waals surface area contributed by atoms with E-state index in [0.717, 1.165) is 25.8 Å². The Morgan fingerprint density at radius 1 is 1.08 bits per heavy atom. The molecular weight excluding hydrogens is 314 g/mol. The number of nitrogens with zero attached hydrogens (tertiary/aromatic N) is 2. The lowest BCUT2D eigenvalue weighted by Crippen LogP contribution is -2.55. The largest absolute Gasteiger partial charge is 0.339 e. The van der Waals surface area contributed by atoms with Crippen LogP contribution in [0.3, 0.4) is 0 Å². The number of benzene rings is 1. The molecule has 5 heteroatoms. The molecule has 25 heavy (non-hydrogen) atoms. The van der Waals surface area contributed by atoms with Crippen molar-refractivity contribution >= 4 is 11.8 Å². The summed E-state index contributed by atoms with van der Waals surface area (Å²) in [7, 11) is 0. The Kier molecular flexibility index (Phi) is 6.08. The second-order valence-corrected chi connectivity index (χ2v) is 7.22. The van der Waals surface area contributed by atoms with Crippen molar-refractivity contribution in [1.82, 2.24) is 15.1 Å². The van der Waals surface area contributed by atoms with Crippen LogP contribution in [0.5, 0.6) is 0 Å². The van der Waals surface area contributed by atoms with Crippen LogP contribution in [0.15, 0.2) is 30.3 Å². The molecule has 0 aliphatic carbocycles. The summed E-state index contributed by atoms with van der Waals surface area (Å²) < 4.78 is 0. The predicted molar refractivity (Wildman–Crippen MR) is 98.3 cm³/mol. The van der Waals surface area contributed by atoms with Gasteiger partial charge in [-0.05, 0) is 30.9 Å². The summed E-state index contributed by atoms with van der Waals surface area (Å²) in [5, 5.41) is 3.32. The lowest BCUT2D eigenvalue weighted by molar-refractivity contribution is -0.141. The minimum Gasteiger partial charge on any atom is -0.339 e. The first-order valence-corrected chi connectivity index (χ1v) is 9.50. The normalized spacial score (nSPS) is 22.5. The first kappa shape index (κ1) is 17.9. The molecule has 0 saturated carbocycles. The third-order valence-electron chi connectivity index (χ3n) is 5.40. The maximum atomic E-state index is 12.6. The first-order chi connectivity index (χ1) is 12.1. The summed E-state index contributed by atoms with van der Waals surface area (Å²) in [4.78, 5) is 29.0. The number of nitrogens with one attached hydrogen (secondary N) is 1. The van der Waals surface area contributed by atoms with Crippen LogP contribution in [-0.2, 0) is 9.59 Å². The van der Waals surface area contributed by atoms with E-state index in [1.54, 1.807) is 0 Å². The van der Waals surface area contributed by atoms with Crippen molar-refractivity contribution in [3.63, 3.8) is 0 Å². The number of rotatable bonds is 4. The zero-order chi connectivity index (χ0) is 17.6. The third-order valence-corrected chi connectivity index (χ3v) is 5.40. The monoisotopic (exact) mass is 343 g/mol. The summed E-state index contributed by atoms with van der Waals surface area (Å²) in [6.45, 7) is 5.65. The van der Waals surface area contributed by atoms with Crippen molar-refractivity contribution in [3.8, 4) is 0 Å². The number of hydrogen-bond acceptors (Lipinski definition) is 3. The van der Waals surface area contributed by atoms with E-state index in [1.165, 1.54) is 5.56 Å². The maximum Gasteiger partial charge on any atom is 0.239 e. The highest BCUT2D eigenvalue weighted by Gasteiger charge is 2.29. The van der Waals surface area contributed by atoms with Gasteiger partial charge in [0.05, 0.1) is 6.04 Å². The lowest BCUT2D eigenvalue weighted by atomic mass is 9.97. The van der Waals surface area contributed by atoms with Crippen LogP contribution in [-0.4, -0.2) is 60.4 Å². The minimum absolute atomic E-state index is 0.0193. The Balaban J connectivity index is 1.46. The Morgan fingerprint density at radius 2 is 1.76 bits per heavy atom. The maximum absolute atomic E-state index is 12.6. The molecular formula is C20H29N3O2. The minimum atomic E-state index is -0.0193. The Bertz CT molecular complexity index is 576. The van der Waals surface area contributed by atoms with Gasteiger partial charge in [-0.2, -0.15) is 0 Å². The first-order valence-electron chi connectivity index (χ1n) is 9.50. The highest BCUT2D eigenvalue weighted by molar-refractivity contribution is 5.82. The van der Waals surface area contributed by atoms with Gasteiger partial charge in [0.1, 0.15) is 0 Å².